The van der Waals surface area contributed by atoms with Crippen LogP contribution in [0.3, 0.4) is 0 Å². The van der Waals surface area contributed by atoms with Gasteiger partial charge in [-0.3, -0.25) is 9.59 Å². The highest BCUT2D eigenvalue weighted by atomic mass is 32.2. The predicted molar refractivity (Wildman–Crippen MR) is 120 cm³/mol. The van der Waals surface area contributed by atoms with Crippen molar-refractivity contribution in [2.45, 2.75) is 20.3 Å². The second-order valence-corrected chi connectivity index (χ2v) is 8.77. The first-order chi connectivity index (χ1) is 14.0. The molecule has 6 heteroatoms. The number of carbonyl (C=O) groups excluding carboxylic acids is 2. The highest BCUT2D eigenvalue weighted by molar-refractivity contribution is 7.99. The summed E-state index contributed by atoms with van der Waals surface area (Å²) in [6.45, 7) is 5.76. The first-order valence-corrected chi connectivity index (χ1v) is 11.0. The van der Waals surface area contributed by atoms with E-state index in [1.54, 1.807) is 0 Å². The summed E-state index contributed by atoms with van der Waals surface area (Å²) < 4.78 is 0. The van der Waals surface area contributed by atoms with Crippen LogP contribution in [0.4, 0.5) is 5.69 Å². The third kappa shape index (κ3) is 4.48. The minimum Gasteiger partial charge on any atom is -0.351 e. The first kappa shape index (κ1) is 19.6. The van der Waals surface area contributed by atoms with E-state index in [2.05, 4.69) is 16.4 Å². The summed E-state index contributed by atoms with van der Waals surface area (Å²) in [5, 5.41) is 3.99. The van der Waals surface area contributed by atoms with Crippen molar-refractivity contribution >= 4 is 40.2 Å². The molecule has 1 fully saturated rings. The number of aryl methyl sites for hydroxylation is 2. The Morgan fingerprint density at radius 3 is 2.52 bits per heavy atom. The van der Waals surface area contributed by atoms with E-state index in [4.69, 9.17) is 0 Å². The Morgan fingerprint density at radius 2 is 1.79 bits per heavy atom. The summed E-state index contributed by atoms with van der Waals surface area (Å²) in [5.41, 5.74) is 5.50. The number of aromatic amines is 1. The number of hydrogen-bond donors (Lipinski definition) is 2. The molecule has 0 bridgehead atoms. The number of amides is 2. The second kappa shape index (κ2) is 8.33. The lowest BCUT2D eigenvalue weighted by Crippen LogP contribution is -2.38. The van der Waals surface area contributed by atoms with E-state index in [1.807, 2.05) is 66.9 Å². The molecule has 1 aliphatic rings. The van der Waals surface area contributed by atoms with Gasteiger partial charge < -0.3 is 15.2 Å². The van der Waals surface area contributed by atoms with Crippen LogP contribution in [0.5, 0.6) is 0 Å². The van der Waals surface area contributed by atoms with Gasteiger partial charge in [0.25, 0.3) is 5.91 Å². The molecule has 2 heterocycles. The number of fused-ring (bicyclic) bond motifs is 1. The Kier molecular flexibility index (Phi) is 5.62. The van der Waals surface area contributed by atoms with Gasteiger partial charge in [-0.2, -0.15) is 11.8 Å². The molecule has 1 saturated heterocycles. The van der Waals surface area contributed by atoms with Gasteiger partial charge in [0.15, 0.2) is 0 Å². The Hall–Kier alpha value is -2.73. The molecule has 2 N–H and O–H groups in total. The number of carbonyl (C=O) groups is 2. The molecule has 1 aromatic heterocycles. The van der Waals surface area contributed by atoms with Crippen molar-refractivity contribution in [2.24, 2.45) is 0 Å². The predicted octanol–water partition coefficient (Wildman–Crippen LogP) is 4.15. The zero-order chi connectivity index (χ0) is 20.4. The Bertz CT molecular complexity index is 1050. The second-order valence-electron chi connectivity index (χ2n) is 7.55. The van der Waals surface area contributed by atoms with Gasteiger partial charge in [-0.25, -0.2) is 0 Å². The van der Waals surface area contributed by atoms with Crippen LogP contribution < -0.4 is 5.32 Å². The number of rotatable bonds is 4. The smallest absolute Gasteiger partial charge is 0.272 e. The Morgan fingerprint density at radius 1 is 1.07 bits per heavy atom. The third-order valence-electron chi connectivity index (χ3n) is 5.26. The number of nitrogens with zero attached hydrogens (tertiary/aromatic N) is 1. The van der Waals surface area contributed by atoms with Gasteiger partial charge in [-0.15, -0.1) is 0 Å². The molecule has 29 heavy (non-hydrogen) atoms. The van der Waals surface area contributed by atoms with Crippen molar-refractivity contribution in [1.82, 2.24) is 9.88 Å². The van der Waals surface area contributed by atoms with Gasteiger partial charge in [0, 0.05) is 41.2 Å². The number of nitrogens with one attached hydrogen (secondary N) is 2. The topological polar surface area (TPSA) is 65.2 Å². The van der Waals surface area contributed by atoms with E-state index in [0.717, 1.165) is 52.2 Å². The quantitative estimate of drug-likeness (QED) is 0.683. The molecule has 0 radical (unpaired) electrons. The minimum atomic E-state index is -0.173. The summed E-state index contributed by atoms with van der Waals surface area (Å²) in [6, 6.07) is 13.6. The number of benzene rings is 2. The van der Waals surface area contributed by atoms with Crippen molar-refractivity contribution in [3.05, 3.63) is 64.8 Å². The zero-order valence-electron chi connectivity index (χ0n) is 16.7. The molecule has 150 valence electrons. The Labute approximate surface area is 174 Å². The maximum atomic E-state index is 12.6. The van der Waals surface area contributed by atoms with Crippen LogP contribution >= 0.6 is 11.8 Å². The maximum Gasteiger partial charge on any atom is 0.272 e. The lowest BCUT2D eigenvalue weighted by molar-refractivity contribution is -0.130. The number of H-pyrrole nitrogens is 1. The van der Waals surface area contributed by atoms with Crippen molar-refractivity contribution < 1.29 is 9.59 Å². The Balaban J connectivity index is 1.41. The molecule has 0 saturated carbocycles. The molecule has 0 unspecified atom stereocenters. The number of aromatic nitrogens is 1. The maximum absolute atomic E-state index is 12.6. The molecule has 1 aliphatic heterocycles. The standard InChI is InChI=1S/C23H25N3O2S/c1-15-11-16(2)19-14-21(25-20(19)12-15)23(28)24-18-5-3-17(4-6-18)13-22(27)26-7-9-29-10-8-26/h3-6,11-12,14,25H,7-10,13H2,1-2H3,(H,24,28). The first-order valence-electron chi connectivity index (χ1n) is 9.85. The van der Waals surface area contributed by atoms with Gasteiger partial charge >= 0.3 is 0 Å². The van der Waals surface area contributed by atoms with Crippen molar-refractivity contribution in [1.29, 1.82) is 0 Å². The molecule has 0 aliphatic carbocycles. The van der Waals surface area contributed by atoms with Crippen LogP contribution in [-0.4, -0.2) is 46.3 Å². The molecule has 2 amide bonds. The summed E-state index contributed by atoms with van der Waals surface area (Å²) in [5.74, 6) is 2.03. The number of anilines is 1. The largest absolute Gasteiger partial charge is 0.351 e. The SMILES string of the molecule is Cc1cc(C)c2cc(C(=O)Nc3ccc(CC(=O)N4CCSCC4)cc3)[nH]c2c1. The lowest BCUT2D eigenvalue weighted by Gasteiger charge is -2.26. The molecule has 5 nitrogen and oxygen atoms in total. The van der Waals surface area contributed by atoms with E-state index >= 15 is 0 Å². The van der Waals surface area contributed by atoms with E-state index < -0.39 is 0 Å². The monoisotopic (exact) mass is 407 g/mol. The normalized spacial score (nSPS) is 14.2. The molecule has 4 rings (SSSR count). The van der Waals surface area contributed by atoms with Crippen LogP contribution in [-0.2, 0) is 11.2 Å². The number of thioether (sulfide) groups is 1. The molecular weight excluding hydrogens is 382 g/mol. The van der Waals surface area contributed by atoms with Crippen molar-refractivity contribution in [2.75, 3.05) is 29.9 Å². The van der Waals surface area contributed by atoms with E-state index in [1.165, 1.54) is 0 Å². The van der Waals surface area contributed by atoms with Crippen LogP contribution in [0.1, 0.15) is 27.2 Å². The van der Waals surface area contributed by atoms with E-state index in [0.29, 0.717) is 17.8 Å². The summed E-state index contributed by atoms with van der Waals surface area (Å²) in [7, 11) is 0. The van der Waals surface area contributed by atoms with Crippen molar-refractivity contribution in [3.63, 3.8) is 0 Å². The highest BCUT2D eigenvalue weighted by Gasteiger charge is 2.17. The van der Waals surface area contributed by atoms with E-state index in [-0.39, 0.29) is 11.8 Å². The summed E-state index contributed by atoms with van der Waals surface area (Å²) in [4.78, 5) is 30.2. The average molecular weight is 408 g/mol. The number of hydrogen-bond acceptors (Lipinski definition) is 3. The van der Waals surface area contributed by atoms with Crippen LogP contribution in [0, 0.1) is 13.8 Å². The summed E-state index contributed by atoms with van der Waals surface area (Å²) >= 11 is 1.89. The highest BCUT2D eigenvalue weighted by Crippen LogP contribution is 2.22. The fourth-order valence-corrected chi connectivity index (χ4v) is 4.63. The molecule has 0 atom stereocenters. The third-order valence-corrected chi connectivity index (χ3v) is 6.21. The van der Waals surface area contributed by atoms with Crippen LogP contribution in [0.2, 0.25) is 0 Å². The molecule has 3 aromatic rings. The minimum absolute atomic E-state index is 0.172. The molecule has 2 aromatic carbocycles. The van der Waals surface area contributed by atoms with Crippen LogP contribution in [0.15, 0.2) is 42.5 Å². The van der Waals surface area contributed by atoms with E-state index in [9.17, 15) is 9.59 Å². The fraction of sp³-hybridized carbons (Fsp3) is 0.304. The molecular formula is C23H25N3O2S. The van der Waals surface area contributed by atoms with Crippen LogP contribution in [0.25, 0.3) is 10.9 Å². The molecule has 0 spiro atoms. The van der Waals surface area contributed by atoms with Gasteiger partial charge in [-0.05, 0) is 54.8 Å². The zero-order valence-corrected chi connectivity index (χ0v) is 17.6. The van der Waals surface area contributed by atoms with Gasteiger partial charge in [-0.1, -0.05) is 18.2 Å². The van der Waals surface area contributed by atoms with Gasteiger partial charge in [0.1, 0.15) is 5.69 Å². The lowest BCUT2D eigenvalue weighted by atomic mass is 10.1. The van der Waals surface area contributed by atoms with Gasteiger partial charge in [0.05, 0.1) is 6.42 Å². The average Bonchev–Trinajstić information content (AvgIpc) is 3.15. The van der Waals surface area contributed by atoms with Gasteiger partial charge in [0.2, 0.25) is 5.91 Å². The van der Waals surface area contributed by atoms with Crippen molar-refractivity contribution in [3.8, 4) is 0 Å². The fourth-order valence-electron chi connectivity index (χ4n) is 3.73. The summed E-state index contributed by atoms with van der Waals surface area (Å²) in [6.07, 6.45) is 0.402.